The van der Waals surface area contributed by atoms with Gasteiger partial charge in [-0.3, -0.25) is 0 Å². The fourth-order valence-corrected chi connectivity index (χ4v) is 3.28. The lowest BCUT2D eigenvalue weighted by molar-refractivity contribution is 0.185. The molecule has 0 spiro atoms. The van der Waals surface area contributed by atoms with Crippen molar-refractivity contribution >= 4 is 0 Å². The summed E-state index contributed by atoms with van der Waals surface area (Å²) in [5, 5.41) is 0. The van der Waals surface area contributed by atoms with Crippen LogP contribution in [0.1, 0.15) is 50.2 Å². The topological polar surface area (TPSA) is 9.23 Å². The number of ether oxygens (including phenoxy) is 1. The second-order valence-corrected chi connectivity index (χ2v) is 6.09. The molecule has 1 aliphatic rings. The van der Waals surface area contributed by atoms with Crippen LogP contribution in [0.4, 0.5) is 0 Å². The second kappa shape index (κ2) is 8.26. The molecule has 0 amide bonds. The number of aryl methyl sites for hydroxylation is 1. The predicted molar refractivity (Wildman–Crippen MR) is 85.7 cm³/mol. The van der Waals surface area contributed by atoms with Crippen molar-refractivity contribution in [2.75, 3.05) is 7.11 Å². The lowest BCUT2D eigenvalue weighted by Crippen LogP contribution is -2.13. The molecule has 0 saturated heterocycles. The van der Waals surface area contributed by atoms with Crippen LogP contribution in [0.2, 0.25) is 0 Å². The Morgan fingerprint density at radius 1 is 1.05 bits per heavy atom. The summed E-state index contributed by atoms with van der Waals surface area (Å²) in [6.45, 7) is 2.86. The van der Waals surface area contributed by atoms with Gasteiger partial charge in [-0.1, -0.05) is 36.4 Å². The molecule has 1 saturated carbocycles. The van der Waals surface area contributed by atoms with Gasteiger partial charge in [-0.05, 0) is 68.4 Å². The van der Waals surface area contributed by atoms with E-state index in [-0.39, 0.29) is 0 Å². The van der Waals surface area contributed by atoms with Crippen molar-refractivity contribution in [3.63, 3.8) is 0 Å². The Hall–Kier alpha value is -1.08. The number of hydrogen-bond acceptors (Lipinski definition) is 1. The zero-order valence-corrected chi connectivity index (χ0v) is 13.0. The average molecular weight is 272 g/mol. The van der Waals surface area contributed by atoms with Crippen LogP contribution in [0, 0.1) is 11.8 Å². The number of hydrogen-bond donors (Lipinski definition) is 0. The predicted octanol–water partition coefficient (Wildman–Crippen LogP) is 5.15. The van der Waals surface area contributed by atoms with Gasteiger partial charge in [-0.15, -0.1) is 0 Å². The average Bonchev–Trinajstić information content (AvgIpc) is 2.49. The summed E-state index contributed by atoms with van der Waals surface area (Å²) in [5.74, 6) is 1.79. The van der Waals surface area contributed by atoms with Crippen LogP contribution in [0.15, 0.2) is 36.4 Å². The third-order valence-corrected chi connectivity index (χ3v) is 4.53. The number of benzene rings is 1. The van der Waals surface area contributed by atoms with Gasteiger partial charge in [0, 0.05) is 7.11 Å². The highest BCUT2D eigenvalue weighted by Gasteiger charge is 2.18. The Kier molecular flexibility index (Phi) is 6.32. The van der Waals surface area contributed by atoms with Gasteiger partial charge >= 0.3 is 0 Å². The Balaban J connectivity index is 1.73. The van der Waals surface area contributed by atoms with Gasteiger partial charge < -0.3 is 4.74 Å². The summed E-state index contributed by atoms with van der Waals surface area (Å²) in [6.07, 6.45) is 12.8. The number of allylic oxidation sites excluding steroid dienone is 2. The van der Waals surface area contributed by atoms with Gasteiger partial charge in [0.1, 0.15) is 0 Å². The van der Waals surface area contributed by atoms with Crippen molar-refractivity contribution < 1.29 is 4.74 Å². The highest BCUT2D eigenvalue weighted by molar-refractivity contribution is 5.22. The third kappa shape index (κ3) is 4.79. The van der Waals surface area contributed by atoms with Crippen LogP contribution in [-0.2, 0) is 17.8 Å². The molecule has 1 heteroatoms. The maximum atomic E-state index is 5.15. The molecule has 0 radical (unpaired) electrons. The minimum atomic E-state index is 0.717. The van der Waals surface area contributed by atoms with E-state index in [1.54, 1.807) is 7.11 Å². The van der Waals surface area contributed by atoms with E-state index in [0.717, 1.165) is 18.4 Å². The Labute approximate surface area is 124 Å². The molecule has 1 aromatic carbocycles. The van der Waals surface area contributed by atoms with Crippen molar-refractivity contribution in [2.24, 2.45) is 11.8 Å². The first-order chi connectivity index (χ1) is 9.81. The SMILES string of the molecule is CC=CC1CCC(CCc2ccc(COC)cc2)CC1. The van der Waals surface area contributed by atoms with Crippen molar-refractivity contribution in [2.45, 2.75) is 52.1 Å². The molecule has 1 nitrogen and oxygen atoms in total. The zero-order chi connectivity index (χ0) is 14.2. The van der Waals surface area contributed by atoms with Crippen LogP contribution < -0.4 is 0 Å². The molecule has 0 atom stereocenters. The van der Waals surface area contributed by atoms with Crippen molar-refractivity contribution in [1.29, 1.82) is 0 Å². The fraction of sp³-hybridized carbons (Fsp3) is 0.579. The van der Waals surface area contributed by atoms with Crippen molar-refractivity contribution in [3.05, 3.63) is 47.5 Å². The van der Waals surface area contributed by atoms with Crippen molar-refractivity contribution in [3.8, 4) is 0 Å². The van der Waals surface area contributed by atoms with E-state index in [0.29, 0.717) is 0 Å². The zero-order valence-electron chi connectivity index (χ0n) is 13.0. The van der Waals surface area contributed by atoms with E-state index in [1.165, 1.54) is 49.7 Å². The highest BCUT2D eigenvalue weighted by atomic mass is 16.5. The van der Waals surface area contributed by atoms with E-state index >= 15 is 0 Å². The normalized spacial score (nSPS) is 23.3. The summed E-state index contributed by atoms with van der Waals surface area (Å²) in [5.41, 5.74) is 2.74. The van der Waals surface area contributed by atoms with Gasteiger partial charge in [0.05, 0.1) is 6.61 Å². The summed E-state index contributed by atoms with van der Waals surface area (Å²) in [4.78, 5) is 0. The smallest absolute Gasteiger partial charge is 0.0713 e. The molecule has 20 heavy (non-hydrogen) atoms. The largest absolute Gasteiger partial charge is 0.380 e. The molecule has 2 rings (SSSR count). The minimum Gasteiger partial charge on any atom is -0.380 e. The Bertz CT molecular complexity index is 396. The van der Waals surface area contributed by atoms with Crippen LogP contribution >= 0.6 is 0 Å². The standard InChI is InChI=1S/C19H28O/c1-3-4-16-5-7-17(8-6-16)9-10-18-11-13-19(14-12-18)15-20-2/h3-4,11-14,16-17H,5-10,15H2,1-2H3. The van der Waals surface area contributed by atoms with E-state index in [2.05, 4.69) is 43.3 Å². The van der Waals surface area contributed by atoms with Gasteiger partial charge in [0.2, 0.25) is 0 Å². The van der Waals surface area contributed by atoms with Crippen LogP contribution in [-0.4, -0.2) is 7.11 Å². The lowest BCUT2D eigenvalue weighted by atomic mass is 9.79. The molecule has 1 fully saturated rings. The van der Waals surface area contributed by atoms with E-state index in [4.69, 9.17) is 4.74 Å². The van der Waals surface area contributed by atoms with Crippen LogP contribution in [0.25, 0.3) is 0 Å². The van der Waals surface area contributed by atoms with E-state index < -0.39 is 0 Å². The molecule has 0 aliphatic heterocycles. The number of methoxy groups -OCH3 is 1. The maximum Gasteiger partial charge on any atom is 0.0713 e. The van der Waals surface area contributed by atoms with Gasteiger partial charge in [-0.2, -0.15) is 0 Å². The molecule has 0 N–H and O–H groups in total. The van der Waals surface area contributed by atoms with Gasteiger partial charge in [-0.25, -0.2) is 0 Å². The molecule has 0 aromatic heterocycles. The summed E-state index contributed by atoms with van der Waals surface area (Å²) < 4.78 is 5.15. The molecule has 1 aliphatic carbocycles. The van der Waals surface area contributed by atoms with Crippen LogP contribution in [0.5, 0.6) is 0 Å². The van der Waals surface area contributed by atoms with E-state index in [9.17, 15) is 0 Å². The molecular weight excluding hydrogens is 244 g/mol. The first kappa shape index (κ1) is 15.3. The number of rotatable bonds is 6. The minimum absolute atomic E-state index is 0.717. The quantitative estimate of drug-likeness (QED) is 0.651. The molecule has 110 valence electrons. The highest BCUT2D eigenvalue weighted by Crippen LogP contribution is 2.32. The lowest BCUT2D eigenvalue weighted by Gasteiger charge is -2.26. The Morgan fingerprint density at radius 3 is 2.30 bits per heavy atom. The molecule has 0 heterocycles. The molecule has 0 bridgehead atoms. The molecular formula is C19H28O. The third-order valence-electron chi connectivity index (χ3n) is 4.53. The van der Waals surface area contributed by atoms with Gasteiger partial charge in [0.15, 0.2) is 0 Å². The monoisotopic (exact) mass is 272 g/mol. The van der Waals surface area contributed by atoms with Gasteiger partial charge in [0.25, 0.3) is 0 Å². The van der Waals surface area contributed by atoms with Crippen LogP contribution in [0.3, 0.4) is 0 Å². The Morgan fingerprint density at radius 2 is 1.70 bits per heavy atom. The molecule has 1 aromatic rings. The molecule has 0 unspecified atom stereocenters. The fourth-order valence-electron chi connectivity index (χ4n) is 3.28. The summed E-state index contributed by atoms with van der Waals surface area (Å²) in [7, 11) is 1.75. The van der Waals surface area contributed by atoms with Crippen molar-refractivity contribution in [1.82, 2.24) is 0 Å². The summed E-state index contributed by atoms with van der Waals surface area (Å²) in [6, 6.07) is 8.92. The summed E-state index contributed by atoms with van der Waals surface area (Å²) >= 11 is 0. The first-order valence-corrected chi connectivity index (χ1v) is 8.01. The maximum absolute atomic E-state index is 5.15. The van der Waals surface area contributed by atoms with E-state index in [1.807, 2.05) is 0 Å². The second-order valence-electron chi connectivity index (χ2n) is 6.09. The first-order valence-electron chi connectivity index (χ1n) is 8.01.